The van der Waals surface area contributed by atoms with Crippen LogP contribution in [0.4, 0.5) is 4.39 Å². The van der Waals surface area contributed by atoms with Crippen LogP contribution in [0.5, 0.6) is 0 Å². The summed E-state index contributed by atoms with van der Waals surface area (Å²) in [5.41, 5.74) is 5.63. The van der Waals surface area contributed by atoms with E-state index in [1.165, 1.54) is 6.20 Å². The summed E-state index contributed by atoms with van der Waals surface area (Å²) >= 11 is 12.7. The SMILES string of the molecule is CC1(C)CCC2(CC1)N[C@@H](C(=O)CC1CCC(C(N)=O)CC1)[C@H](c1ccnc(Cl)c1F)[C@]21C(=O)Cc2cc(Cl)ccc21. The highest BCUT2D eigenvalue weighted by Gasteiger charge is 2.72. The van der Waals surface area contributed by atoms with Gasteiger partial charge in [-0.1, -0.05) is 43.1 Å². The summed E-state index contributed by atoms with van der Waals surface area (Å²) in [5.74, 6) is -1.88. The van der Waals surface area contributed by atoms with Crippen LogP contribution >= 0.6 is 23.2 Å². The molecule has 3 fully saturated rings. The van der Waals surface area contributed by atoms with Crippen LogP contribution in [0.3, 0.4) is 0 Å². The van der Waals surface area contributed by atoms with Crippen LogP contribution in [-0.2, 0) is 26.2 Å². The molecule has 2 saturated carbocycles. The zero-order valence-electron chi connectivity index (χ0n) is 24.2. The van der Waals surface area contributed by atoms with Crippen LogP contribution in [0, 0.1) is 23.1 Å². The fourth-order valence-electron chi connectivity index (χ4n) is 8.77. The Kier molecular flexibility index (Phi) is 7.55. The minimum Gasteiger partial charge on any atom is -0.369 e. The molecule has 42 heavy (non-hydrogen) atoms. The molecule has 0 unspecified atom stereocenters. The van der Waals surface area contributed by atoms with E-state index >= 15 is 4.39 Å². The number of carbonyl (C=O) groups excluding carboxylic acids is 3. The second kappa shape index (κ2) is 10.7. The van der Waals surface area contributed by atoms with Crippen molar-refractivity contribution in [3.05, 3.63) is 63.1 Å². The van der Waals surface area contributed by atoms with Gasteiger partial charge in [0, 0.05) is 41.4 Å². The molecule has 1 saturated heterocycles. The highest BCUT2D eigenvalue weighted by molar-refractivity contribution is 6.30. The minimum absolute atomic E-state index is 0.0124. The van der Waals surface area contributed by atoms with E-state index < -0.39 is 28.7 Å². The van der Waals surface area contributed by atoms with E-state index in [0.717, 1.165) is 36.8 Å². The first-order valence-corrected chi connectivity index (χ1v) is 15.9. The van der Waals surface area contributed by atoms with E-state index in [1.54, 1.807) is 12.1 Å². The largest absolute Gasteiger partial charge is 0.369 e. The predicted molar refractivity (Wildman–Crippen MR) is 160 cm³/mol. The summed E-state index contributed by atoms with van der Waals surface area (Å²) in [6.07, 6.45) is 7.81. The molecule has 3 aliphatic carbocycles. The Balaban J connectivity index is 1.49. The molecular weight excluding hydrogens is 576 g/mol. The number of benzene rings is 1. The van der Waals surface area contributed by atoms with Crippen LogP contribution in [-0.4, -0.2) is 34.0 Å². The van der Waals surface area contributed by atoms with Gasteiger partial charge in [-0.25, -0.2) is 9.37 Å². The van der Waals surface area contributed by atoms with Crippen LogP contribution in [0.15, 0.2) is 30.5 Å². The summed E-state index contributed by atoms with van der Waals surface area (Å²) in [7, 11) is 0. The first kappa shape index (κ1) is 29.7. The Hall–Kier alpha value is -2.35. The van der Waals surface area contributed by atoms with Gasteiger partial charge in [-0.3, -0.25) is 19.7 Å². The quantitative estimate of drug-likeness (QED) is 0.389. The molecule has 1 amide bonds. The standard InChI is InChI=1S/C33H38Cl2FN3O3/c1-31(2)10-12-32(13-11-31)33(23-8-7-21(34)16-20(23)17-25(33)41)26(22-9-14-38-29(35)27(22)36)28(39-32)24(40)15-18-3-5-19(6-4-18)30(37)42/h7-9,14,16,18-19,26,28,39H,3-6,10-13,15,17H2,1-2H3,(H2,37,42)/t18?,19?,26-,28-,33-/m0/s1. The molecule has 6 nitrogen and oxygen atoms in total. The van der Waals surface area contributed by atoms with Gasteiger partial charge in [0.2, 0.25) is 5.91 Å². The fourth-order valence-corrected chi connectivity index (χ4v) is 9.13. The maximum absolute atomic E-state index is 16.0. The van der Waals surface area contributed by atoms with Gasteiger partial charge in [0.1, 0.15) is 5.78 Å². The molecule has 3 atom stereocenters. The van der Waals surface area contributed by atoms with E-state index in [4.69, 9.17) is 28.9 Å². The summed E-state index contributed by atoms with van der Waals surface area (Å²) in [6, 6.07) is 6.33. The smallest absolute Gasteiger partial charge is 0.220 e. The Bertz CT molecular complexity index is 1440. The second-order valence-corrected chi connectivity index (χ2v) is 14.6. The first-order chi connectivity index (χ1) is 19.9. The summed E-state index contributed by atoms with van der Waals surface area (Å²) in [6.45, 7) is 4.47. The van der Waals surface area contributed by atoms with Gasteiger partial charge in [-0.15, -0.1) is 0 Å². The molecule has 2 spiro atoms. The molecule has 9 heteroatoms. The van der Waals surface area contributed by atoms with Crippen molar-refractivity contribution in [3.63, 3.8) is 0 Å². The zero-order valence-corrected chi connectivity index (χ0v) is 25.7. The molecule has 1 aliphatic heterocycles. The Labute approximate surface area is 256 Å². The van der Waals surface area contributed by atoms with E-state index in [-0.39, 0.29) is 51.9 Å². The number of halogens is 3. The lowest BCUT2D eigenvalue weighted by Gasteiger charge is -2.51. The second-order valence-electron chi connectivity index (χ2n) is 13.9. The molecular formula is C33H38Cl2FN3O3. The molecule has 3 N–H and O–H groups in total. The number of amides is 1. The van der Waals surface area contributed by atoms with Gasteiger partial charge in [0.15, 0.2) is 16.8 Å². The van der Waals surface area contributed by atoms with Gasteiger partial charge in [0.25, 0.3) is 0 Å². The van der Waals surface area contributed by atoms with Crippen molar-refractivity contribution in [2.75, 3.05) is 0 Å². The van der Waals surface area contributed by atoms with Gasteiger partial charge in [-0.2, -0.15) is 0 Å². The van der Waals surface area contributed by atoms with Crippen LogP contribution in [0.1, 0.15) is 94.2 Å². The van der Waals surface area contributed by atoms with Crippen LogP contribution in [0.2, 0.25) is 10.2 Å². The van der Waals surface area contributed by atoms with Crippen molar-refractivity contribution in [1.29, 1.82) is 0 Å². The molecule has 2 aromatic rings. The molecule has 1 aromatic carbocycles. The highest BCUT2D eigenvalue weighted by Crippen LogP contribution is 2.64. The van der Waals surface area contributed by atoms with Crippen LogP contribution in [0.25, 0.3) is 0 Å². The van der Waals surface area contributed by atoms with Gasteiger partial charge >= 0.3 is 0 Å². The number of ketones is 2. The van der Waals surface area contributed by atoms with E-state index in [9.17, 15) is 14.4 Å². The average molecular weight is 615 g/mol. The molecule has 2 heterocycles. The highest BCUT2D eigenvalue weighted by atomic mass is 35.5. The number of nitrogens with one attached hydrogen (secondary N) is 1. The van der Waals surface area contributed by atoms with Crippen LogP contribution < -0.4 is 11.1 Å². The first-order valence-electron chi connectivity index (χ1n) is 15.1. The number of rotatable bonds is 5. The van der Waals surface area contributed by atoms with Crippen molar-refractivity contribution >= 4 is 40.7 Å². The number of primary amides is 1. The number of pyridine rings is 1. The molecule has 4 aliphatic rings. The number of aromatic nitrogens is 1. The van der Waals surface area contributed by atoms with E-state index in [0.29, 0.717) is 37.1 Å². The number of Topliss-reactive ketones (excluding diaryl/α,β-unsaturated/α-hetero) is 2. The normalized spacial score (nSPS) is 31.4. The van der Waals surface area contributed by atoms with Crippen molar-refractivity contribution < 1.29 is 18.8 Å². The number of nitrogens with zero attached hydrogens (tertiary/aromatic N) is 1. The van der Waals surface area contributed by atoms with Gasteiger partial charge in [0.05, 0.1) is 11.5 Å². The van der Waals surface area contributed by atoms with Crippen molar-refractivity contribution in [1.82, 2.24) is 10.3 Å². The molecule has 0 bridgehead atoms. The number of hydrogen-bond acceptors (Lipinski definition) is 5. The lowest BCUT2D eigenvalue weighted by atomic mass is 9.53. The number of hydrogen-bond donors (Lipinski definition) is 2. The topological polar surface area (TPSA) is 102 Å². The van der Waals surface area contributed by atoms with E-state index in [1.807, 2.05) is 12.1 Å². The minimum atomic E-state index is -1.17. The van der Waals surface area contributed by atoms with Gasteiger partial charge < -0.3 is 5.73 Å². The Morgan fingerprint density at radius 3 is 2.43 bits per heavy atom. The molecule has 6 rings (SSSR count). The number of fused-ring (bicyclic) bond motifs is 3. The van der Waals surface area contributed by atoms with Crippen molar-refractivity contribution in [3.8, 4) is 0 Å². The Morgan fingerprint density at radius 2 is 1.76 bits per heavy atom. The molecule has 1 aromatic heterocycles. The maximum Gasteiger partial charge on any atom is 0.220 e. The lowest BCUT2D eigenvalue weighted by molar-refractivity contribution is -0.126. The monoisotopic (exact) mass is 613 g/mol. The number of carbonyl (C=O) groups is 3. The third-order valence-corrected chi connectivity index (χ3v) is 11.5. The predicted octanol–water partition coefficient (Wildman–Crippen LogP) is 6.24. The lowest BCUT2D eigenvalue weighted by Crippen LogP contribution is -2.61. The van der Waals surface area contributed by atoms with Gasteiger partial charge in [-0.05, 0) is 97.6 Å². The summed E-state index contributed by atoms with van der Waals surface area (Å²) < 4.78 is 16.0. The zero-order chi connectivity index (χ0) is 30.0. The van der Waals surface area contributed by atoms with Crippen molar-refractivity contribution in [2.45, 2.75) is 101 Å². The van der Waals surface area contributed by atoms with E-state index in [2.05, 4.69) is 24.1 Å². The summed E-state index contributed by atoms with van der Waals surface area (Å²) in [5, 5.41) is 4.03. The fraction of sp³-hybridized carbons (Fsp3) is 0.576. The third-order valence-electron chi connectivity index (χ3n) is 11.0. The third kappa shape index (κ3) is 4.62. The number of nitrogens with two attached hydrogens (primary N) is 1. The summed E-state index contributed by atoms with van der Waals surface area (Å²) in [4.78, 5) is 44.7. The molecule has 224 valence electrons. The maximum atomic E-state index is 16.0. The Morgan fingerprint density at radius 1 is 1.07 bits per heavy atom. The average Bonchev–Trinajstić information content (AvgIpc) is 3.40. The molecule has 0 radical (unpaired) electrons. The van der Waals surface area contributed by atoms with Crippen molar-refractivity contribution in [2.24, 2.45) is 23.0 Å².